The maximum atomic E-state index is 10.6. The highest BCUT2D eigenvalue weighted by molar-refractivity contribution is 5.73. The largest absolute Gasteiger partial charge is 0.490 e. The third-order valence-electron chi connectivity index (χ3n) is 6.02. The Bertz CT molecular complexity index is 1010. The van der Waals surface area contributed by atoms with Gasteiger partial charge in [-0.2, -0.15) is 26.3 Å². The van der Waals surface area contributed by atoms with E-state index in [1.54, 1.807) is 6.20 Å². The van der Waals surface area contributed by atoms with Crippen LogP contribution in [0.5, 0.6) is 0 Å². The summed E-state index contributed by atoms with van der Waals surface area (Å²) >= 11 is 0. The van der Waals surface area contributed by atoms with Gasteiger partial charge in [0, 0.05) is 43.4 Å². The molecule has 0 saturated carbocycles. The number of carboxylic acids is 2. The van der Waals surface area contributed by atoms with Crippen LogP contribution in [0, 0.1) is 11.3 Å². The summed E-state index contributed by atoms with van der Waals surface area (Å²) in [5.74, 6) is -4.92. The summed E-state index contributed by atoms with van der Waals surface area (Å²) in [4.78, 5) is 24.5. The Morgan fingerprint density at radius 2 is 1.59 bits per heavy atom. The van der Waals surface area contributed by atoms with Crippen LogP contribution in [0.15, 0.2) is 54.9 Å². The van der Waals surface area contributed by atoms with E-state index in [4.69, 9.17) is 29.3 Å². The van der Waals surface area contributed by atoms with E-state index in [0.29, 0.717) is 12.5 Å². The predicted molar refractivity (Wildman–Crippen MR) is 125 cm³/mol. The van der Waals surface area contributed by atoms with Crippen LogP contribution < -0.4 is 0 Å². The van der Waals surface area contributed by atoms with E-state index in [0.717, 1.165) is 51.4 Å². The normalized spacial score (nSPS) is 20.7. The summed E-state index contributed by atoms with van der Waals surface area (Å²) in [5.41, 5.74) is 2.71. The zero-order valence-corrected chi connectivity index (χ0v) is 20.6. The lowest BCUT2D eigenvalue weighted by Gasteiger charge is -2.27. The summed E-state index contributed by atoms with van der Waals surface area (Å²) in [6.07, 6.45) is -5.38. The van der Waals surface area contributed by atoms with Crippen molar-refractivity contribution in [2.75, 3.05) is 39.5 Å². The summed E-state index contributed by atoms with van der Waals surface area (Å²) in [6, 6.07) is 14.8. The van der Waals surface area contributed by atoms with Gasteiger partial charge in [-0.25, -0.2) is 9.59 Å². The average molecular weight is 566 g/mol. The molecule has 0 spiro atoms. The molecule has 2 aliphatic heterocycles. The zero-order valence-electron chi connectivity index (χ0n) is 20.6. The van der Waals surface area contributed by atoms with Crippen LogP contribution in [0.3, 0.4) is 0 Å². The Morgan fingerprint density at radius 1 is 1.00 bits per heavy atom. The number of aromatic nitrogens is 1. The van der Waals surface area contributed by atoms with Crippen LogP contribution in [-0.4, -0.2) is 83.8 Å². The van der Waals surface area contributed by atoms with Crippen LogP contribution in [-0.2, 0) is 32.1 Å². The van der Waals surface area contributed by atoms with Gasteiger partial charge in [0.1, 0.15) is 0 Å². The van der Waals surface area contributed by atoms with E-state index >= 15 is 0 Å². The molecule has 0 unspecified atom stereocenters. The summed E-state index contributed by atoms with van der Waals surface area (Å²) in [5, 5.41) is 14.2. The molecule has 0 bridgehead atoms. The van der Waals surface area contributed by atoms with Gasteiger partial charge in [0.2, 0.25) is 0 Å². The fraction of sp³-hybridized carbons (Fsp3) is 0.480. The van der Waals surface area contributed by atoms with Crippen LogP contribution in [0.25, 0.3) is 0 Å². The monoisotopic (exact) mass is 566 g/mol. The minimum atomic E-state index is -5.08. The first-order valence-electron chi connectivity index (χ1n) is 11.6. The fourth-order valence-corrected chi connectivity index (χ4v) is 4.10. The maximum Gasteiger partial charge on any atom is 0.490 e. The van der Waals surface area contributed by atoms with Gasteiger partial charge in [0.05, 0.1) is 26.4 Å². The van der Waals surface area contributed by atoms with Crippen molar-refractivity contribution >= 4 is 11.9 Å². The minimum Gasteiger partial charge on any atom is -0.475 e. The van der Waals surface area contributed by atoms with Crippen molar-refractivity contribution in [3.05, 3.63) is 66.0 Å². The minimum absolute atomic E-state index is 0.166. The molecule has 0 aliphatic carbocycles. The number of ether oxygens (including phenoxy) is 2. The molecule has 1 aromatic heterocycles. The molecule has 8 nitrogen and oxygen atoms in total. The highest BCUT2D eigenvalue weighted by atomic mass is 19.4. The molecule has 1 aromatic carbocycles. The number of likely N-dealkylation sites (tertiary alicyclic amines) is 1. The number of carboxylic acid groups (broad SMARTS) is 2. The van der Waals surface area contributed by atoms with Gasteiger partial charge in [0.25, 0.3) is 0 Å². The summed E-state index contributed by atoms with van der Waals surface area (Å²) in [6.45, 7) is 6.43. The predicted octanol–water partition coefficient (Wildman–Crippen LogP) is 4.06. The number of fused-ring (bicyclic) bond motifs is 1. The number of alkyl halides is 6. The van der Waals surface area contributed by atoms with Crippen molar-refractivity contribution in [1.29, 1.82) is 0 Å². The number of carbonyl (C=O) groups is 2. The number of halogens is 6. The van der Waals surface area contributed by atoms with Gasteiger partial charge in [-0.1, -0.05) is 36.4 Å². The Morgan fingerprint density at radius 3 is 2.13 bits per heavy atom. The molecule has 39 heavy (non-hydrogen) atoms. The first-order chi connectivity index (χ1) is 18.2. The topological polar surface area (TPSA) is 109 Å². The third kappa shape index (κ3) is 10.8. The van der Waals surface area contributed by atoms with Crippen molar-refractivity contribution in [2.24, 2.45) is 11.3 Å². The average Bonchev–Trinajstić information content (AvgIpc) is 3.40. The number of hydrogen-bond donors (Lipinski definition) is 2. The maximum absolute atomic E-state index is 10.6. The highest BCUT2D eigenvalue weighted by Crippen LogP contribution is 2.41. The van der Waals surface area contributed by atoms with E-state index < -0.39 is 24.3 Å². The van der Waals surface area contributed by atoms with Crippen molar-refractivity contribution < 1.29 is 55.6 Å². The molecule has 0 radical (unpaired) electrons. The molecule has 0 amide bonds. The van der Waals surface area contributed by atoms with Gasteiger partial charge in [-0.05, 0) is 23.6 Å². The van der Waals surface area contributed by atoms with Gasteiger partial charge >= 0.3 is 24.3 Å². The van der Waals surface area contributed by atoms with E-state index in [1.807, 2.05) is 12.3 Å². The van der Waals surface area contributed by atoms with Gasteiger partial charge in [-0.3, -0.25) is 4.98 Å². The lowest BCUT2D eigenvalue weighted by molar-refractivity contribution is -0.193. The van der Waals surface area contributed by atoms with Crippen LogP contribution >= 0.6 is 0 Å². The SMILES string of the molecule is O=C(O)C(F)(F)F.O=C(O)C(F)(F)F.c1ccc(CCN2C[C@@H]3COC[C@]3(COCc3cccnc3)C2)cc1. The van der Waals surface area contributed by atoms with Gasteiger partial charge in [-0.15, -0.1) is 0 Å². The quantitative estimate of drug-likeness (QED) is 0.484. The third-order valence-corrected chi connectivity index (χ3v) is 6.02. The number of aliphatic carboxylic acids is 2. The molecule has 2 N–H and O–H groups in total. The molecule has 2 saturated heterocycles. The fourth-order valence-electron chi connectivity index (χ4n) is 4.10. The first-order valence-corrected chi connectivity index (χ1v) is 11.6. The van der Waals surface area contributed by atoms with Crippen LogP contribution in [0.2, 0.25) is 0 Å². The van der Waals surface area contributed by atoms with Gasteiger partial charge < -0.3 is 24.6 Å². The smallest absolute Gasteiger partial charge is 0.475 e. The van der Waals surface area contributed by atoms with Gasteiger partial charge in [0.15, 0.2) is 0 Å². The lowest BCUT2D eigenvalue weighted by Crippen LogP contribution is -2.36. The molecule has 2 aromatic rings. The van der Waals surface area contributed by atoms with Crippen molar-refractivity contribution in [3.63, 3.8) is 0 Å². The molecule has 3 heterocycles. The Balaban J connectivity index is 0.000000317. The molecular weight excluding hydrogens is 538 g/mol. The summed E-state index contributed by atoms with van der Waals surface area (Å²) in [7, 11) is 0. The highest BCUT2D eigenvalue weighted by Gasteiger charge is 2.50. The number of hydrogen-bond acceptors (Lipinski definition) is 6. The Hall–Kier alpha value is -3.23. The Kier molecular flexibility index (Phi) is 11.7. The lowest BCUT2D eigenvalue weighted by atomic mass is 9.82. The number of pyridine rings is 1. The molecule has 2 fully saturated rings. The number of nitrogens with zero attached hydrogens (tertiary/aromatic N) is 2. The van der Waals surface area contributed by atoms with Crippen molar-refractivity contribution in [3.8, 4) is 0 Å². The summed E-state index contributed by atoms with van der Waals surface area (Å²) < 4.78 is 75.4. The van der Waals surface area contributed by atoms with Crippen LogP contribution in [0.4, 0.5) is 26.3 Å². The zero-order chi connectivity index (χ0) is 29.1. The molecule has 4 rings (SSSR count). The van der Waals surface area contributed by atoms with E-state index in [-0.39, 0.29) is 5.41 Å². The standard InChI is InChI=1S/C21H26N2O2.2C2HF3O2/c1-2-5-18(6-3-1)8-10-23-12-20-14-25-17-21(20,15-23)16-24-13-19-7-4-9-22-11-19;2*3-2(4,5)1(6)7/h1-7,9,11,20H,8,10,12-17H2;2*(H,6,7)/t20-,21-;;/m1../s1. The molecule has 14 heteroatoms. The number of benzene rings is 1. The molecule has 216 valence electrons. The number of rotatable bonds is 7. The molecule has 2 aliphatic rings. The second-order valence-electron chi connectivity index (χ2n) is 9.01. The van der Waals surface area contributed by atoms with Crippen molar-refractivity contribution in [2.45, 2.75) is 25.4 Å². The van der Waals surface area contributed by atoms with E-state index in [9.17, 15) is 26.3 Å². The van der Waals surface area contributed by atoms with Crippen molar-refractivity contribution in [1.82, 2.24) is 9.88 Å². The van der Waals surface area contributed by atoms with E-state index in [1.165, 1.54) is 5.56 Å². The first kappa shape index (κ1) is 32.0. The molecule has 2 atom stereocenters. The second-order valence-corrected chi connectivity index (χ2v) is 9.01. The van der Waals surface area contributed by atoms with Crippen LogP contribution in [0.1, 0.15) is 11.1 Å². The van der Waals surface area contributed by atoms with E-state index in [2.05, 4.69) is 46.3 Å². The second kappa shape index (κ2) is 14.2. The molecular formula is C25H28F6N2O6. The Labute approximate surface area is 220 Å².